The monoisotopic (exact) mass is 491 g/mol. The fourth-order valence-corrected chi connectivity index (χ4v) is 3.74. The first-order valence-electron chi connectivity index (χ1n) is 9.02. The number of carbonyl (C=O) groups is 2. The molecular formula is C15H25NO15S. The Morgan fingerprint density at radius 3 is 2.00 bits per heavy atom. The van der Waals surface area contributed by atoms with Gasteiger partial charge in [-0.05, 0) is 0 Å². The van der Waals surface area contributed by atoms with E-state index in [4.69, 9.17) is 28.2 Å². The molecule has 2 rings (SSSR count). The lowest BCUT2D eigenvalue weighted by Gasteiger charge is -2.46. The third kappa shape index (κ3) is 6.08. The molecule has 0 aliphatic carbocycles. The Bertz CT molecular complexity index is 777. The summed E-state index contributed by atoms with van der Waals surface area (Å²) in [6.07, 6.45) is -16.3. The number of hydrogen-bond acceptors (Lipinski definition) is 13. The minimum atomic E-state index is -5.13. The van der Waals surface area contributed by atoms with E-state index in [0.29, 0.717) is 0 Å². The molecule has 0 aromatic carbocycles. The number of aliphatic carboxylic acids is 1. The van der Waals surface area contributed by atoms with E-state index in [-0.39, 0.29) is 0 Å². The van der Waals surface area contributed by atoms with Gasteiger partial charge in [0, 0.05) is 21.1 Å². The van der Waals surface area contributed by atoms with Gasteiger partial charge < -0.3 is 49.4 Å². The quantitative estimate of drug-likeness (QED) is 0.177. The molecule has 0 saturated carbocycles. The summed E-state index contributed by atoms with van der Waals surface area (Å²) >= 11 is 0. The number of carboxylic acid groups (broad SMARTS) is 1. The molecule has 10 atom stereocenters. The summed E-state index contributed by atoms with van der Waals surface area (Å²) in [6, 6.07) is -1.37. The van der Waals surface area contributed by atoms with Crippen LogP contribution < -0.4 is 5.32 Å². The maximum absolute atomic E-state index is 11.6. The lowest BCUT2D eigenvalue weighted by atomic mass is 9.97. The van der Waals surface area contributed by atoms with Crippen molar-refractivity contribution in [1.29, 1.82) is 0 Å². The van der Waals surface area contributed by atoms with Gasteiger partial charge in [-0.25, -0.2) is 8.98 Å². The van der Waals surface area contributed by atoms with Crippen LogP contribution in [0.1, 0.15) is 6.92 Å². The van der Waals surface area contributed by atoms with E-state index in [1.807, 2.05) is 0 Å². The zero-order chi connectivity index (χ0) is 24.4. The number of carboxylic acids is 1. The first-order chi connectivity index (χ1) is 14.8. The topological polar surface area (TPSA) is 237 Å². The van der Waals surface area contributed by atoms with E-state index in [1.54, 1.807) is 0 Å². The van der Waals surface area contributed by atoms with Gasteiger partial charge in [0.15, 0.2) is 18.7 Å². The molecule has 0 aromatic rings. The van der Waals surface area contributed by atoms with Crippen molar-refractivity contribution in [2.75, 3.05) is 14.2 Å². The Hall–Kier alpha value is -1.51. The minimum Gasteiger partial charge on any atom is -0.479 e. The Morgan fingerprint density at radius 2 is 1.53 bits per heavy atom. The molecule has 0 aromatic heterocycles. The molecule has 16 nitrogen and oxygen atoms in total. The number of methoxy groups -OCH3 is 2. The van der Waals surface area contributed by atoms with Crippen molar-refractivity contribution in [2.45, 2.75) is 68.5 Å². The molecule has 32 heavy (non-hydrogen) atoms. The smallest absolute Gasteiger partial charge is 0.399 e. The number of aliphatic hydroxyl groups is 3. The molecule has 2 aliphatic rings. The van der Waals surface area contributed by atoms with E-state index < -0.39 is 83.8 Å². The predicted molar refractivity (Wildman–Crippen MR) is 95.9 cm³/mol. The molecule has 1 amide bonds. The van der Waals surface area contributed by atoms with Crippen molar-refractivity contribution in [3.63, 3.8) is 0 Å². The molecule has 2 fully saturated rings. The highest BCUT2D eigenvalue weighted by atomic mass is 32.3. The van der Waals surface area contributed by atoms with Gasteiger partial charge in [-0.3, -0.25) is 9.35 Å². The van der Waals surface area contributed by atoms with E-state index >= 15 is 0 Å². The average Bonchev–Trinajstić information content (AvgIpc) is 2.68. The van der Waals surface area contributed by atoms with Gasteiger partial charge in [0.1, 0.15) is 36.6 Å². The number of nitrogens with one attached hydrogen (secondary N) is 1. The molecule has 2 saturated heterocycles. The van der Waals surface area contributed by atoms with Crippen molar-refractivity contribution >= 4 is 22.3 Å². The van der Waals surface area contributed by atoms with Crippen molar-refractivity contribution in [3.8, 4) is 0 Å². The summed E-state index contributed by atoms with van der Waals surface area (Å²) in [5.41, 5.74) is 0. The zero-order valence-electron chi connectivity index (χ0n) is 17.0. The first-order valence-corrected chi connectivity index (χ1v) is 10.4. The van der Waals surface area contributed by atoms with E-state index in [2.05, 4.69) is 9.50 Å². The van der Waals surface area contributed by atoms with Gasteiger partial charge in [0.05, 0.1) is 0 Å². The highest BCUT2D eigenvalue weighted by molar-refractivity contribution is 7.80. The number of carbonyl (C=O) groups excluding carboxylic acids is 1. The Kier molecular flexibility index (Phi) is 8.87. The van der Waals surface area contributed by atoms with Crippen LogP contribution in [0.15, 0.2) is 0 Å². The van der Waals surface area contributed by atoms with Crippen molar-refractivity contribution in [3.05, 3.63) is 0 Å². The maximum Gasteiger partial charge on any atom is 0.399 e. The molecule has 0 spiro atoms. The molecule has 0 radical (unpaired) electrons. The van der Waals surface area contributed by atoms with Crippen molar-refractivity contribution < 1.29 is 70.9 Å². The highest BCUT2D eigenvalue weighted by Gasteiger charge is 2.54. The van der Waals surface area contributed by atoms with Gasteiger partial charge in [-0.15, -0.1) is 0 Å². The third-order valence-electron chi connectivity index (χ3n) is 4.70. The molecule has 6 N–H and O–H groups in total. The normalized spacial score (nSPS) is 40.6. The Labute approximate surface area is 181 Å². The third-order valence-corrected chi connectivity index (χ3v) is 5.13. The van der Waals surface area contributed by atoms with Crippen molar-refractivity contribution in [2.24, 2.45) is 0 Å². The van der Waals surface area contributed by atoms with Gasteiger partial charge in [-0.1, -0.05) is 0 Å². The number of rotatable bonds is 8. The summed E-state index contributed by atoms with van der Waals surface area (Å²) in [6.45, 7) is 1.09. The lowest BCUT2D eigenvalue weighted by Crippen LogP contribution is -2.68. The van der Waals surface area contributed by atoms with Crippen LogP contribution in [0.4, 0.5) is 0 Å². The standard InChI is InChI=1S/C15H25NO15S/c1-4(17)16-5-9(8(20)15(30-13(5)27-3)31-32(23,24)25)28-14-7(19)6(18)10(26-2)11(29-14)12(21)22/h5-11,13-15,18-20H,1-3H3,(H,16,17)(H,21,22)(H,23,24,25)/t5?,6?,7?,8-,9?,10+,11-,13-,14-,15?/m1/s1. The van der Waals surface area contributed by atoms with Crippen molar-refractivity contribution in [1.82, 2.24) is 5.32 Å². The first kappa shape index (κ1) is 26.7. The molecule has 2 heterocycles. The van der Waals surface area contributed by atoms with Gasteiger partial charge in [0.2, 0.25) is 12.2 Å². The predicted octanol–water partition coefficient (Wildman–Crippen LogP) is -4.07. The minimum absolute atomic E-state index is 0.663. The summed E-state index contributed by atoms with van der Waals surface area (Å²) < 4.78 is 61.0. The molecule has 0 bridgehead atoms. The number of aliphatic hydroxyl groups excluding tert-OH is 3. The fourth-order valence-electron chi connectivity index (χ4n) is 3.34. The fraction of sp³-hybridized carbons (Fsp3) is 0.867. The largest absolute Gasteiger partial charge is 0.479 e. The average molecular weight is 491 g/mol. The summed E-state index contributed by atoms with van der Waals surface area (Å²) in [7, 11) is -2.96. The van der Waals surface area contributed by atoms with E-state index in [9.17, 15) is 38.4 Å². The Balaban J connectivity index is 2.37. The molecule has 186 valence electrons. The van der Waals surface area contributed by atoms with E-state index in [0.717, 1.165) is 21.1 Å². The summed E-state index contributed by atoms with van der Waals surface area (Å²) in [4.78, 5) is 23.1. The van der Waals surface area contributed by atoms with Crippen LogP contribution in [0.3, 0.4) is 0 Å². The zero-order valence-corrected chi connectivity index (χ0v) is 17.8. The molecular weight excluding hydrogens is 466 g/mol. The number of ether oxygens (including phenoxy) is 5. The van der Waals surface area contributed by atoms with Crippen LogP contribution in [-0.4, -0.2) is 121 Å². The number of amides is 1. The Morgan fingerprint density at radius 1 is 0.906 bits per heavy atom. The molecule has 17 heteroatoms. The SMILES string of the molecule is CO[C@@H]1OC(OS(=O)(=O)O)[C@H](O)C(O[C@@H]2O[C@@H](C(=O)O)[C@@H](OC)C(O)C2O)C1NC(C)=O. The number of hydrogen-bond donors (Lipinski definition) is 6. The highest BCUT2D eigenvalue weighted by Crippen LogP contribution is 2.31. The van der Waals surface area contributed by atoms with Crippen LogP contribution in [-0.2, 0) is 47.9 Å². The molecule has 5 unspecified atom stereocenters. The van der Waals surface area contributed by atoms with Gasteiger partial charge in [0.25, 0.3) is 0 Å². The van der Waals surface area contributed by atoms with Crippen LogP contribution in [0.25, 0.3) is 0 Å². The lowest BCUT2D eigenvalue weighted by molar-refractivity contribution is -0.353. The van der Waals surface area contributed by atoms with Gasteiger partial charge >= 0.3 is 16.4 Å². The second-order valence-corrected chi connectivity index (χ2v) is 7.94. The van der Waals surface area contributed by atoms with Crippen LogP contribution in [0.5, 0.6) is 0 Å². The second-order valence-electron chi connectivity index (χ2n) is 6.89. The van der Waals surface area contributed by atoms with Crippen LogP contribution in [0, 0.1) is 0 Å². The molecule has 2 aliphatic heterocycles. The van der Waals surface area contributed by atoms with E-state index in [1.165, 1.54) is 0 Å². The van der Waals surface area contributed by atoms with Crippen LogP contribution >= 0.6 is 0 Å². The summed E-state index contributed by atoms with van der Waals surface area (Å²) in [5, 5.41) is 42.8. The second kappa shape index (κ2) is 10.6. The van der Waals surface area contributed by atoms with Crippen LogP contribution in [0.2, 0.25) is 0 Å². The van der Waals surface area contributed by atoms with Gasteiger partial charge in [-0.2, -0.15) is 8.42 Å². The maximum atomic E-state index is 11.6. The summed E-state index contributed by atoms with van der Waals surface area (Å²) in [5.74, 6) is -2.23.